The lowest BCUT2D eigenvalue weighted by molar-refractivity contribution is 1.06. The van der Waals surface area contributed by atoms with Crippen LogP contribution in [0.5, 0.6) is 0 Å². The van der Waals surface area contributed by atoms with E-state index in [0.29, 0.717) is 23.3 Å². The van der Waals surface area contributed by atoms with Gasteiger partial charge < -0.3 is 0 Å². The first-order chi connectivity index (χ1) is 15.7. The molecule has 2 aromatic heterocycles. The average molecular weight is 416 g/mol. The van der Waals surface area contributed by atoms with E-state index in [4.69, 9.17) is 15.0 Å². The van der Waals surface area contributed by atoms with E-state index < -0.39 is 0 Å². The Morgan fingerprint density at radius 3 is 1.22 bits per heavy atom. The minimum Gasteiger partial charge on any atom is -0.233 e. The van der Waals surface area contributed by atoms with Crippen molar-refractivity contribution in [3.8, 4) is 45.6 Å². The molecule has 0 unspecified atom stereocenters. The molecule has 5 aromatic rings. The molecule has 0 aliphatic rings. The summed E-state index contributed by atoms with van der Waals surface area (Å²) in [4.78, 5) is 23.6. The van der Waals surface area contributed by atoms with Crippen LogP contribution in [0.15, 0.2) is 91.0 Å². The topological polar surface area (TPSA) is 64.5 Å². The number of nitrogens with zero attached hydrogens (tertiary/aromatic N) is 5. The average Bonchev–Trinajstić information content (AvgIpc) is 2.84. The zero-order chi connectivity index (χ0) is 21.9. The third-order valence-electron chi connectivity index (χ3n) is 5.06. The van der Waals surface area contributed by atoms with Gasteiger partial charge in [-0.3, -0.25) is 0 Å². The van der Waals surface area contributed by atoms with Crippen LogP contribution in [0.1, 0.15) is 11.4 Å². The van der Waals surface area contributed by atoms with Crippen molar-refractivity contribution in [3.63, 3.8) is 0 Å². The molecule has 0 bridgehead atoms. The second-order valence-corrected chi connectivity index (χ2v) is 7.59. The maximum atomic E-state index is 4.81. The Bertz CT molecular complexity index is 1300. The largest absolute Gasteiger partial charge is 0.233 e. The number of hydrogen-bond acceptors (Lipinski definition) is 5. The van der Waals surface area contributed by atoms with E-state index in [9.17, 15) is 0 Å². The minimum absolute atomic E-state index is 0.615. The lowest BCUT2D eigenvalue weighted by atomic mass is 10.1. The molecule has 5 nitrogen and oxygen atoms in total. The number of benzene rings is 3. The van der Waals surface area contributed by atoms with Crippen molar-refractivity contribution < 1.29 is 0 Å². The number of aromatic nitrogens is 5. The van der Waals surface area contributed by atoms with Gasteiger partial charge in [0.1, 0.15) is 0 Å². The minimum atomic E-state index is 0.615. The molecular weight excluding hydrogens is 394 g/mol. The zero-order valence-corrected chi connectivity index (χ0v) is 17.9. The smallest absolute Gasteiger partial charge is 0.164 e. The first-order valence-corrected chi connectivity index (χ1v) is 10.5. The van der Waals surface area contributed by atoms with Crippen molar-refractivity contribution in [3.05, 3.63) is 102 Å². The van der Waals surface area contributed by atoms with E-state index >= 15 is 0 Å². The third-order valence-corrected chi connectivity index (χ3v) is 5.06. The van der Waals surface area contributed by atoms with E-state index in [1.165, 1.54) is 0 Å². The number of rotatable bonds is 4. The van der Waals surface area contributed by atoms with Gasteiger partial charge in [-0.15, -0.1) is 0 Å². The second kappa shape index (κ2) is 8.47. The van der Waals surface area contributed by atoms with Crippen LogP contribution in [0.3, 0.4) is 0 Å². The van der Waals surface area contributed by atoms with Gasteiger partial charge in [0.25, 0.3) is 0 Å². The van der Waals surface area contributed by atoms with Gasteiger partial charge in [0.05, 0.1) is 0 Å². The van der Waals surface area contributed by atoms with E-state index in [0.717, 1.165) is 33.6 Å². The molecule has 0 amide bonds. The molecule has 154 valence electrons. The summed E-state index contributed by atoms with van der Waals surface area (Å²) >= 11 is 0. The molecule has 0 aliphatic carbocycles. The van der Waals surface area contributed by atoms with Crippen LogP contribution in [0.4, 0.5) is 0 Å². The zero-order valence-electron chi connectivity index (χ0n) is 17.9. The monoisotopic (exact) mass is 415 g/mol. The van der Waals surface area contributed by atoms with Crippen molar-refractivity contribution in [2.45, 2.75) is 13.8 Å². The van der Waals surface area contributed by atoms with E-state index in [1.54, 1.807) is 0 Å². The van der Waals surface area contributed by atoms with E-state index in [2.05, 4.69) is 9.97 Å². The third kappa shape index (κ3) is 4.14. The van der Waals surface area contributed by atoms with Crippen LogP contribution in [0.2, 0.25) is 0 Å². The number of aryl methyl sites for hydroxylation is 2. The molecule has 0 atom stereocenters. The highest BCUT2D eigenvalue weighted by Gasteiger charge is 2.13. The predicted molar refractivity (Wildman–Crippen MR) is 127 cm³/mol. The highest BCUT2D eigenvalue weighted by Crippen LogP contribution is 2.27. The van der Waals surface area contributed by atoms with Gasteiger partial charge in [0.2, 0.25) is 0 Å². The predicted octanol–water partition coefficient (Wildman–Crippen LogP) is 5.95. The summed E-state index contributed by atoms with van der Waals surface area (Å²) in [5, 5.41) is 0. The Kier molecular flexibility index (Phi) is 5.22. The maximum absolute atomic E-state index is 4.81. The van der Waals surface area contributed by atoms with Crippen LogP contribution < -0.4 is 0 Å². The van der Waals surface area contributed by atoms with Crippen molar-refractivity contribution in [2.75, 3.05) is 0 Å². The fourth-order valence-corrected chi connectivity index (χ4v) is 3.59. The molecular formula is C27H21N5. The summed E-state index contributed by atoms with van der Waals surface area (Å²) in [5.41, 5.74) is 5.59. The van der Waals surface area contributed by atoms with E-state index in [1.807, 2.05) is 105 Å². The molecule has 2 heterocycles. The van der Waals surface area contributed by atoms with Gasteiger partial charge in [0, 0.05) is 33.6 Å². The maximum Gasteiger partial charge on any atom is 0.164 e. The van der Waals surface area contributed by atoms with E-state index in [-0.39, 0.29) is 0 Å². The van der Waals surface area contributed by atoms with Crippen LogP contribution in [-0.4, -0.2) is 24.9 Å². The molecule has 0 saturated heterocycles. The molecule has 0 aliphatic heterocycles. The Morgan fingerprint density at radius 2 is 0.750 bits per heavy atom. The van der Waals surface area contributed by atoms with Crippen LogP contribution >= 0.6 is 0 Å². The Hall–Kier alpha value is -4.25. The van der Waals surface area contributed by atoms with Gasteiger partial charge in [-0.05, 0) is 26.0 Å². The van der Waals surface area contributed by atoms with Crippen molar-refractivity contribution >= 4 is 0 Å². The summed E-state index contributed by atoms with van der Waals surface area (Å²) in [5.74, 6) is 2.60. The molecule has 0 N–H and O–H groups in total. The SMILES string of the molecule is Cc1cc(C)nc(-c2cccc(-c3nc(-c4ccccc4)nc(-c4ccccc4)n3)c2)n1. The molecule has 0 fully saturated rings. The highest BCUT2D eigenvalue weighted by atomic mass is 15.0. The molecule has 0 saturated carbocycles. The van der Waals surface area contributed by atoms with Gasteiger partial charge in [-0.25, -0.2) is 24.9 Å². The summed E-state index contributed by atoms with van der Waals surface area (Å²) in [6, 6.07) is 29.9. The fraction of sp³-hybridized carbons (Fsp3) is 0.0741. The lowest BCUT2D eigenvalue weighted by Gasteiger charge is -2.09. The number of hydrogen-bond donors (Lipinski definition) is 0. The summed E-state index contributed by atoms with van der Waals surface area (Å²) in [6.07, 6.45) is 0. The highest BCUT2D eigenvalue weighted by molar-refractivity contribution is 5.70. The lowest BCUT2D eigenvalue weighted by Crippen LogP contribution is -2.00. The summed E-state index contributed by atoms with van der Waals surface area (Å²) in [6.45, 7) is 3.96. The Morgan fingerprint density at radius 1 is 0.375 bits per heavy atom. The molecule has 5 heteroatoms. The van der Waals surface area contributed by atoms with Crippen LogP contribution in [-0.2, 0) is 0 Å². The van der Waals surface area contributed by atoms with Gasteiger partial charge in [-0.2, -0.15) is 0 Å². The summed E-state index contributed by atoms with van der Waals surface area (Å²) < 4.78 is 0. The standard InChI is InChI=1S/C27H21N5/c1-18-16-19(2)29-26(28-18)22-14-9-15-23(17-22)27-31-24(20-10-5-3-6-11-20)30-25(32-27)21-12-7-4-8-13-21/h3-17H,1-2H3. The van der Waals surface area contributed by atoms with Gasteiger partial charge >= 0.3 is 0 Å². The Balaban J connectivity index is 1.66. The molecule has 32 heavy (non-hydrogen) atoms. The Labute approximate surface area is 186 Å². The fourth-order valence-electron chi connectivity index (χ4n) is 3.59. The first-order valence-electron chi connectivity index (χ1n) is 10.5. The summed E-state index contributed by atoms with van der Waals surface area (Å²) in [7, 11) is 0. The van der Waals surface area contributed by atoms with Gasteiger partial charge in [0.15, 0.2) is 23.3 Å². The quantitative estimate of drug-likeness (QED) is 0.363. The molecule has 3 aromatic carbocycles. The van der Waals surface area contributed by atoms with Gasteiger partial charge in [-0.1, -0.05) is 78.9 Å². The van der Waals surface area contributed by atoms with Crippen molar-refractivity contribution in [2.24, 2.45) is 0 Å². The van der Waals surface area contributed by atoms with Crippen LogP contribution in [0.25, 0.3) is 45.6 Å². The van der Waals surface area contributed by atoms with Crippen LogP contribution in [0, 0.1) is 13.8 Å². The molecule has 0 radical (unpaired) electrons. The normalized spacial score (nSPS) is 10.8. The second-order valence-electron chi connectivity index (χ2n) is 7.59. The first kappa shape index (κ1) is 19.7. The molecule has 5 rings (SSSR count). The van der Waals surface area contributed by atoms with Crippen molar-refractivity contribution in [1.29, 1.82) is 0 Å². The molecule has 0 spiro atoms. The van der Waals surface area contributed by atoms with Crippen molar-refractivity contribution in [1.82, 2.24) is 24.9 Å².